The van der Waals surface area contributed by atoms with Crippen LogP contribution in [0.5, 0.6) is 0 Å². The van der Waals surface area contributed by atoms with Crippen LogP contribution in [0.1, 0.15) is 72.6 Å². The number of hydrogen-bond acceptors (Lipinski definition) is 1. The van der Waals surface area contributed by atoms with Crippen molar-refractivity contribution in [3.8, 4) is 0 Å². The van der Waals surface area contributed by atoms with Crippen LogP contribution in [-0.4, -0.2) is 11.7 Å². The third kappa shape index (κ3) is 10.5. The Kier molecular flexibility index (Phi) is 10.1. The second kappa shape index (κ2) is 10.1. The zero-order valence-corrected chi connectivity index (χ0v) is 11.8. The van der Waals surface area contributed by atoms with E-state index in [-0.39, 0.29) is 0 Å². The van der Waals surface area contributed by atoms with Crippen LogP contribution in [0.2, 0.25) is 0 Å². The molecule has 0 fully saturated rings. The number of aliphatic hydroxyl groups is 1. The molecule has 2 atom stereocenters. The molecule has 98 valence electrons. The summed E-state index contributed by atoms with van der Waals surface area (Å²) in [6.45, 7) is 9.60. The fourth-order valence-corrected chi connectivity index (χ4v) is 2.20. The molecule has 0 radical (unpaired) electrons. The van der Waals surface area contributed by atoms with Crippen LogP contribution in [0.3, 0.4) is 0 Å². The van der Waals surface area contributed by atoms with Crippen molar-refractivity contribution in [3.63, 3.8) is 0 Å². The van der Waals surface area contributed by atoms with E-state index in [1.807, 2.05) is 0 Å². The van der Waals surface area contributed by atoms with E-state index < -0.39 is 0 Å². The predicted molar refractivity (Wildman–Crippen MR) is 72.6 cm³/mol. The topological polar surface area (TPSA) is 20.2 Å². The molecule has 1 heteroatoms. The first-order valence-corrected chi connectivity index (χ1v) is 7.17. The molecule has 1 N–H and O–H groups in total. The normalized spacial score (nSPS) is 15.4. The molecule has 0 aromatic rings. The lowest BCUT2D eigenvalue weighted by atomic mass is 9.93. The first-order chi connectivity index (χ1) is 7.56. The SMILES string of the molecule is CC(C)CCC[C@@H](C)CCC[C@H](C)CCO. The van der Waals surface area contributed by atoms with Gasteiger partial charge in [-0.15, -0.1) is 0 Å². The van der Waals surface area contributed by atoms with E-state index in [0.29, 0.717) is 12.5 Å². The Morgan fingerprint density at radius 3 is 1.56 bits per heavy atom. The molecule has 0 unspecified atom stereocenters. The van der Waals surface area contributed by atoms with Gasteiger partial charge in [-0.3, -0.25) is 0 Å². The summed E-state index contributed by atoms with van der Waals surface area (Å²) in [5, 5.41) is 8.81. The maximum Gasteiger partial charge on any atom is 0.0433 e. The zero-order valence-electron chi connectivity index (χ0n) is 11.8. The highest BCUT2D eigenvalue weighted by Crippen LogP contribution is 2.19. The van der Waals surface area contributed by atoms with E-state index in [0.717, 1.165) is 18.3 Å². The molecule has 0 amide bonds. The zero-order chi connectivity index (χ0) is 12.4. The van der Waals surface area contributed by atoms with E-state index in [1.54, 1.807) is 0 Å². The van der Waals surface area contributed by atoms with E-state index in [4.69, 9.17) is 5.11 Å². The summed E-state index contributed by atoms with van der Waals surface area (Å²) in [6.07, 6.45) is 9.14. The van der Waals surface area contributed by atoms with Crippen molar-refractivity contribution < 1.29 is 5.11 Å². The minimum Gasteiger partial charge on any atom is -0.396 e. The lowest BCUT2D eigenvalue weighted by Crippen LogP contribution is -2.01. The second-order valence-electron chi connectivity index (χ2n) is 5.98. The van der Waals surface area contributed by atoms with Crippen LogP contribution >= 0.6 is 0 Å². The molecule has 16 heavy (non-hydrogen) atoms. The molecule has 0 aromatic carbocycles. The molecule has 0 aliphatic heterocycles. The van der Waals surface area contributed by atoms with Crippen LogP contribution in [0.15, 0.2) is 0 Å². The van der Waals surface area contributed by atoms with Gasteiger partial charge >= 0.3 is 0 Å². The molecule has 0 saturated carbocycles. The number of hydrogen-bond donors (Lipinski definition) is 1. The Morgan fingerprint density at radius 1 is 0.688 bits per heavy atom. The highest BCUT2D eigenvalue weighted by atomic mass is 16.3. The van der Waals surface area contributed by atoms with Crippen molar-refractivity contribution in [2.45, 2.75) is 72.6 Å². The van der Waals surface area contributed by atoms with Crippen LogP contribution in [0.4, 0.5) is 0 Å². The quantitative estimate of drug-likeness (QED) is 0.577. The van der Waals surface area contributed by atoms with Gasteiger partial charge in [0.2, 0.25) is 0 Å². The van der Waals surface area contributed by atoms with Gasteiger partial charge in [0.25, 0.3) is 0 Å². The highest BCUT2D eigenvalue weighted by Gasteiger charge is 2.05. The second-order valence-corrected chi connectivity index (χ2v) is 5.98. The Balaban J connectivity index is 3.32. The molecule has 0 aliphatic rings. The van der Waals surface area contributed by atoms with Gasteiger partial charge in [-0.05, 0) is 24.2 Å². The van der Waals surface area contributed by atoms with Crippen molar-refractivity contribution in [1.82, 2.24) is 0 Å². The van der Waals surface area contributed by atoms with E-state index in [2.05, 4.69) is 27.7 Å². The summed E-state index contributed by atoms with van der Waals surface area (Å²) in [6, 6.07) is 0. The minimum atomic E-state index is 0.352. The summed E-state index contributed by atoms with van der Waals surface area (Å²) in [5.74, 6) is 2.45. The van der Waals surface area contributed by atoms with Crippen molar-refractivity contribution in [1.29, 1.82) is 0 Å². The molecule has 0 heterocycles. The van der Waals surface area contributed by atoms with Crippen LogP contribution in [0.25, 0.3) is 0 Å². The molecule has 1 nitrogen and oxygen atoms in total. The molecule has 0 bridgehead atoms. The van der Waals surface area contributed by atoms with Crippen molar-refractivity contribution in [2.75, 3.05) is 6.61 Å². The van der Waals surface area contributed by atoms with Gasteiger partial charge in [0.1, 0.15) is 0 Å². The van der Waals surface area contributed by atoms with Gasteiger partial charge in [-0.25, -0.2) is 0 Å². The monoisotopic (exact) mass is 228 g/mol. The molecular weight excluding hydrogens is 196 g/mol. The Bertz CT molecular complexity index is 142. The van der Waals surface area contributed by atoms with Gasteiger partial charge in [-0.2, -0.15) is 0 Å². The third-order valence-electron chi connectivity index (χ3n) is 3.49. The molecule has 0 aromatic heterocycles. The predicted octanol–water partition coefficient (Wildman–Crippen LogP) is 4.64. The molecule has 0 rings (SSSR count). The van der Waals surface area contributed by atoms with Crippen LogP contribution < -0.4 is 0 Å². The summed E-state index contributed by atoms with van der Waals surface area (Å²) >= 11 is 0. The largest absolute Gasteiger partial charge is 0.396 e. The maximum absolute atomic E-state index is 8.81. The highest BCUT2D eigenvalue weighted by molar-refractivity contribution is 4.58. The van der Waals surface area contributed by atoms with Gasteiger partial charge in [0, 0.05) is 6.61 Å². The Morgan fingerprint density at radius 2 is 1.12 bits per heavy atom. The van der Waals surface area contributed by atoms with Crippen LogP contribution in [-0.2, 0) is 0 Å². The lowest BCUT2D eigenvalue weighted by Gasteiger charge is -2.14. The van der Waals surface area contributed by atoms with Crippen molar-refractivity contribution in [3.05, 3.63) is 0 Å². The van der Waals surface area contributed by atoms with E-state index in [1.165, 1.54) is 38.5 Å². The summed E-state index contributed by atoms with van der Waals surface area (Å²) in [4.78, 5) is 0. The minimum absolute atomic E-state index is 0.352. The molecule has 0 saturated heterocycles. The van der Waals surface area contributed by atoms with Gasteiger partial charge < -0.3 is 5.11 Å². The Labute approximate surface area is 103 Å². The average Bonchev–Trinajstić information content (AvgIpc) is 2.17. The summed E-state index contributed by atoms with van der Waals surface area (Å²) in [7, 11) is 0. The lowest BCUT2D eigenvalue weighted by molar-refractivity contribution is 0.255. The summed E-state index contributed by atoms with van der Waals surface area (Å²) in [5.41, 5.74) is 0. The van der Waals surface area contributed by atoms with Gasteiger partial charge in [-0.1, -0.05) is 66.2 Å². The molecular formula is C15H32O. The Hall–Kier alpha value is -0.0400. The van der Waals surface area contributed by atoms with E-state index in [9.17, 15) is 0 Å². The third-order valence-corrected chi connectivity index (χ3v) is 3.49. The smallest absolute Gasteiger partial charge is 0.0433 e. The first-order valence-electron chi connectivity index (χ1n) is 7.17. The standard InChI is InChI=1S/C15H32O/c1-13(2)7-5-8-14(3)9-6-10-15(4)11-12-16/h13-16H,5-12H2,1-4H3/t14-,15+/m1/s1. The first kappa shape index (κ1) is 16.0. The van der Waals surface area contributed by atoms with E-state index >= 15 is 0 Å². The fraction of sp³-hybridized carbons (Fsp3) is 1.00. The average molecular weight is 228 g/mol. The number of aliphatic hydroxyl groups excluding tert-OH is 1. The maximum atomic E-state index is 8.81. The molecule has 0 spiro atoms. The van der Waals surface area contributed by atoms with Gasteiger partial charge in [0.15, 0.2) is 0 Å². The van der Waals surface area contributed by atoms with Gasteiger partial charge in [0.05, 0.1) is 0 Å². The van der Waals surface area contributed by atoms with Crippen LogP contribution in [0, 0.1) is 17.8 Å². The van der Waals surface area contributed by atoms with Crippen molar-refractivity contribution >= 4 is 0 Å². The fourth-order valence-electron chi connectivity index (χ4n) is 2.20. The molecule has 0 aliphatic carbocycles. The number of rotatable bonds is 10. The van der Waals surface area contributed by atoms with Crippen molar-refractivity contribution in [2.24, 2.45) is 17.8 Å². The summed E-state index contributed by atoms with van der Waals surface area (Å²) < 4.78 is 0.